The number of hydrogen-bond acceptors (Lipinski definition) is 3. The molecule has 0 atom stereocenters. The normalized spacial score (nSPS) is 20.9. The number of nitrogens with one attached hydrogen (secondary N) is 1. The van der Waals surface area contributed by atoms with Gasteiger partial charge in [-0.2, -0.15) is 0 Å². The topological polar surface area (TPSA) is 45.2 Å². The first-order valence-corrected chi connectivity index (χ1v) is 7.29. The molecule has 1 aromatic heterocycles. The van der Waals surface area contributed by atoms with E-state index in [4.69, 9.17) is 0 Å². The maximum absolute atomic E-state index is 12.1. The van der Waals surface area contributed by atoms with Crippen LogP contribution in [0.1, 0.15) is 32.1 Å². The molecule has 1 N–H and O–H groups in total. The number of likely N-dealkylation sites (tertiary alicyclic amines) is 1. The molecule has 2 aliphatic rings. The van der Waals surface area contributed by atoms with Crippen molar-refractivity contribution >= 4 is 11.7 Å². The summed E-state index contributed by atoms with van der Waals surface area (Å²) in [5, 5.41) is 3.45. The molecule has 1 saturated carbocycles. The Morgan fingerprint density at radius 3 is 2.58 bits per heavy atom. The van der Waals surface area contributed by atoms with Crippen molar-refractivity contribution in [1.29, 1.82) is 0 Å². The van der Waals surface area contributed by atoms with Crippen LogP contribution in [0.5, 0.6) is 0 Å². The molecule has 3 rings (SSSR count). The van der Waals surface area contributed by atoms with Crippen LogP contribution in [0.25, 0.3) is 0 Å². The van der Waals surface area contributed by atoms with Crippen LogP contribution in [-0.4, -0.2) is 34.9 Å². The molecule has 1 amide bonds. The summed E-state index contributed by atoms with van der Waals surface area (Å²) in [5.41, 5.74) is 0. The van der Waals surface area contributed by atoms with Crippen LogP contribution in [0.2, 0.25) is 0 Å². The fourth-order valence-corrected chi connectivity index (χ4v) is 2.81. The quantitative estimate of drug-likeness (QED) is 0.906. The molecule has 19 heavy (non-hydrogen) atoms. The van der Waals surface area contributed by atoms with E-state index < -0.39 is 0 Å². The van der Waals surface area contributed by atoms with E-state index in [2.05, 4.69) is 15.2 Å². The third kappa shape index (κ3) is 2.88. The van der Waals surface area contributed by atoms with Crippen LogP contribution < -0.4 is 5.32 Å². The summed E-state index contributed by atoms with van der Waals surface area (Å²) in [6.45, 7) is 1.78. The summed E-state index contributed by atoms with van der Waals surface area (Å²) >= 11 is 0. The fourth-order valence-electron chi connectivity index (χ4n) is 2.81. The number of rotatable bonds is 3. The number of carbonyl (C=O) groups is 1. The van der Waals surface area contributed by atoms with Crippen LogP contribution >= 0.6 is 0 Å². The first-order valence-electron chi connectivity index (χ1n) is 7.29. The molecule has 4 heteroatoms. The molecule has 0 radical (unpaired) electrons. The summed E-state index contributed by atoms with van der Waals surface area (Å²) in [7, 11) is 0. The second-order valence-corrected chi connectivity index (χ2v) is 5.59. The Hall–Kier alpha value is -1.58. The van der Waals surface area contributed by atoms with E-state index in [0.717, 1.165) is 44.6 Å². The Balaban J connectivity index is 1.48. The predicted octanol–water partition coefficient (Wildman–Crippen LogP) is 2.28. The lowest BCUT2D eigenvalue weighted by molar-refractivity contribution is -0.139. The average Bonchev–Trinajstić information content (AvgIpc) is 2.39. The molecule has 0 aromatic carbocycles. The lowest BCUT2D eigenvalue weighted by atomic mass is 9.84. The number of anilines is 1. The highest BCUT2D eigenvalue weighted by Gasteiger charge is 2.31. The first kappa shape index (κ1) is 12.5. The molecule has 1 aliphatic heterocycles. The SMILES string of the molecule is O=C(C1CCC1)N1CCC(Nc2ccccn2)CC1. The van der Waals surface area contributed by atoms with E-state index in [9.17, 15) is 4.79 Å². The van der Waals surface area contributed by atoms with Crippen molar-refractivity contribution in [3.63, 3.8) is 0 Å². The Morgan fingerprint density at radius 2 is 2.00 bits per heavy atom. The third-order valence-electron chi connectivity index (χ3n) is 4.28. The maximum Gasteiger partial charge on any atom is 0.225 e. The Labute approximate surface area is 114 Å². The monoisotopic (exact) mass is 259 g/mol. The highest BCUT2D eigenvalue weighted by Crippen LogP contribution is 2.29. The summed E-state index contributed by atoms with van der Waals surface area (Å²) in [6.07, 6.45) is 7.28. The molecule has 2 fully saturated rings. The zero-order chi connectivity index (χ0) is 13.1. The van der Waals surface area contributed by atoms with Gasteiger partial charge in [0.15, 0.2) is 0 Å². The predicted molar refractivity (Wildman–Crippen MR) is 74.8 cm³/mol. The standard InChI is InChI=1S/C15H21N3O/c19-15(12-4-3-5-12)18-10-7-13(8-11-18)17-14-6-1-2-9-16-14/h1-2,6,9,12-13H,3-5,7-8,10-11H2,(H,16,17). The summed E-state index contributed by atoms with van der Waals surface area (Å²) in [4.78, 5) is 18.5. The number of piperidine rings is 1. The van der Waals surface area contributed by atoms with Crippen LogP contribution in [0.15, 0.2) is 24.4 Å². The van der Waals surface area contributed by atoms with Crippen molar-refractivity contribution in [3.05, 3.63) is 24.4 Å². The van der Waals surface area contributed by atoms with Crippen LogP contribution in [0, 0.1) is 5.92 Å². The van der Waals surface area contributed by atoms with E-state index in [0.29, 0.717) is 17.9 Å². The van der Waals surface area contributed by atoms with E-state index in [1.54, 1.807) is 6.20 Å². The zero-order valence-corrected chi connectivity index (χ0v) is 11.2. The largest absolute Gasteiger partial charge is 0.367 e. The second-order valence-electron chi connectivity index (χ2n) is 5.59. The molecule has 4 nitrogen and oxygen atoms in total. The Kier molecular flexibility index (Phi) is 3.67. The van der Waals surface area contributed by atoms with Crippen molar-refractivity contribution in [3.8, 4) is 0 Å². The average molecular weight is 259 g/mol. The molecule has 0 bridgehead atoms. The molecule has 1 aliphatic carbocycles. The minimum Gasteiger partial charge on any atom is -0.367 e. The fraction of sp³-hybridized carbons (Fsp3) is 0.600. The Bertz CT molecular complexity index is 422. The zero-order valence-electron chi connectivity index (χ0n) is 11.2. The van der Waals surface area contributed by atoms with Crippen LogP contribution in [0.4, 0.5) is 5.82 Å². The first-order chi connectivity index (χ1) is 9.33. The number of pyridine rings is 1. The lowest BCUT2D eigenvalue weighted by Crippen LogP contribution is -2.46. The number of aromatic nitrogens is 1. The molecule has 102 valence electrons. The number of hydrogen-bond donors (Lipinski definition) is 1. The molecule has 1 aromatic rings. The van der Waals surface area contributed by atoms with Gasteiger partial charge in [-0.3, -0.25) is 4.79 Å². The van der Waals surface area contributed by atoms with Crippen LogP contribution in [0.3, 0.4) is 0 Å². The smallest absolute Gasteiger partial charge is 0.225 e. The number of carbonyl (C=O) groups excluding carboxylic acids is 1. The van der Waals surface area contributed by atoms with Gasteiger partial charge in [-0.05, 0) is 37.8 Å². The van der Waals surface area contributed by atoms with Gasteiger partial charge in [-0.1, -0.05) is 12.5 Å². The molecule has 1 saturated heterocycles. The van der Waals surface area contributed by atoms with E-state index >= 15 is 0 Å². The summed E-state index contributed by atoms with van der Waals surface area (Å²) in [5.74, 6) is 1.66. The van der Waals surface area contributed by atoms with Gasteiger partial charge in [0.05, 0.1) is 0 Å². The minimum atomic E-state index is 0.334. The number of nitrogens with zero attached hydrogens (tertiary/aromatic N) is 2. The van der Waals surface area contributed by atoms with Gasteiger partial charge in [-0.15, -0.1) is 0 Å². The van der Waals surface area contributed by atoms with E-state index in [1.165, 1.54) is 6.42 Å². The molecule has 0 unspecified atom stereocenters. The maximum atomic E-state index is 12.1. The second kappa shape index (κ2) is 5.59. The van der Waals surface area contributed by atoms with E-state index in [1.807, 2.05) is 18.2 Å². The Morgan fingerprint density at radius 1 is 1.21 bits per heavy atom. The highest BCUT2D eigenvalue weighted by molar-refractivity contribution is 5.79. The van der Waals surface area contributed by atoms with Crippen molar-refractivity contribution in [2.24, 2.45) is 5.92 Å². The minimum absolute atomic E-state index is 0.334. The van der Waals surface area contributed by atoms with E-state index in [-0.39, 0.29) is 0 Å². The number of amides is 1. The van der Waals surface area contributed by atoms with Gasteiger partial charge in [0.2, 0.25) is 5.91 Å². The summed E-state index contributed by atoms with van der Waals surface area (Å²) in [6, 6.07) is 6.35. The van der Waals surface area contributed by atoms with Crippen molar-refractivity contribution < 1.29 is 4.79 Å². The van der Waals surface area contributed by atoms with Gasteiger partial charge in [0.1, 0.15) is 5.82 Å². The molecule has 0 spiro atoms. The summed E-state index contributed by atoms with van der Waals surface area (Å²) < 4.78 is 0. The van der Waals surface area contributed by atoms with Crippen molar-refractivity contribution in [2.75, 3.05) is 18.4 Å². The van der Waals surface area contributed by atoms with Gasteiger partial charge in [0, 0.05) is 31.2 Å². The van der Waals surface area contributed by atoms with Gasteiger partial charge in [0.25, 0.3) is 0 Å². The van der Waals surface area contributed by atoms with Crippen LogP contribution in [-0.2, 0) is 4.79 Å². The van der Waals surface area contributed by atoms with Gasteiger partial charge < -0.3 is 10.2 Å². The lowest BCUT2D eigenvalue weighted by Gasteiger charge is -2.36. The third-order valence-corrected chi connectivity index (χ3v) is 4.28. The van der Waals surface area contributed by atoms with Crippen molar-refractivity contribution in [1.82, 2.24) is 9.88 Å². The molecular weight excluding hydrogens is 238 g/mol. The van der Waals surface area contributed by atoms with Gasteiger partial charge >= 0.3 is 0 Å². The molecular formula is C15H21N3O. The highest BCUT2D eigenvalue weighted by atomic mass is 16.2. The molecule has 2 heterocycles. The van der Waals surface area contributed by atoms with Gasteiger partial charge in [-0.25, -0.2) is 4.98 Å². The van der Waals surface area contributed by atoms with Crippen molar-refractivity contribution in [2.45, 2.75) is 38.1 Å².